The van der Waals surface area contributed by atoms with Gasteiger partial charge < -0.3 is 14.0 Å². The van der Waals surface area contributed by atoms with E-state index in [9.17, 15) is 4.79 Å². The number of aromatic nitrogens is 5. The van der Waals surface area contributed by atoms with Gasteiger partial charge in [-0.2, -0.15) is 0 Å². The first kappa shape index (κ1) is 15.7. The molecule has 4 rings (SSSR count). The first-order valence-electron chi connectivity index (χ1n) is 8.40. The van der Waals surface area contributed by atoms with Crippen LogP contribution in [0.4, 0.5) is 0 Å². The third-order valence-corrected chi connectivity index (χ3v) is 4.60. The molecule has 8 heteroatoms. The predicted octanol–water partition coefficient (Wildman–Crippen LogP) is 2.21. The maximum atomic E-state index is 13.2. The molecule has 0 saturated heterocycles. The van der Waals surface area contributed by atoms with E-state index in [-0.39, 0.29) is 11.8 Å². The fraction of sp³-hybridized carbons (Fsp3) is 0.471. The highest BCUT2D eigenvalue weighted by atomic mass is 16.5. The quantitative estimate of drug-likeness (QED) is 0.710. The number of hydrogen-bond acceptors (Lipinski definition) is 6. The summed E-state index contributed by atoms with van der Waals surface area (Å²) in [5.41, 5.74) is 2.51. The average Bonchev–Trinajstić information content (AvgIpc) is 3.17. The fourth-order valence-electron chi connectivity index (χ4n) is 3.31. The summed E-state index contributed by atoms with van der Waals surface area (Å²) in [6.45, 7) is 9.60. The van der Waals surface area contributed by atoms with Crippen LogP contribution >= 0.6 is 0 Å². The van der Waals surface area contributed by atoms with Crippen molar-refractivity contribution in [1.82, 2.24) is 29.8 Å². The number of carbonyl (C=O) groups is 1. The molecule has 0 aromatic carbocycles. The van der Waals surface area contributed by atoms with Gasteiger partial charge in [0.1, 0.15) is 5.82 Å². The first-order valence-corrected chi connectivity index (χ1v) is 8.40. The van der Waals surface area contributed by atoms with Crippen molar-refractivity contribution in [3.05, 3.63) is 34.7 Å². The summed E-state index contributed by atoms with van der Waals surface area (Å²) in [6.07, 6.45) is 0. The number of hydrogen-bond donors (Lipinski definition) is 0. The molecule has 0 radical (unpaired) electrons. The number of pyridine rings is 1. The van der Waals surface area contributed by atoms with E-state index in [0.29, 0.717) is 36.3 Å². The van der Waals surface area contributed by atoms with Gasteiger partial charge in [-0.05, 0) is 25.8 Å². The van der Waals surface area contributed by atoms with E-state index in [1.54, 1.807) is 4.90 Å². The zero-order chi connectivity index (χ0) is 17.7. The summed E-state index contributed by atoms with van der Waals surface area (Å²) in [6, 6.07) is 1.82. The maximum absolute atomic E-state index is 13.2. The molecule has 0 unspecified atom stereocenters. The normalized spacial score (nSPS) is 14.4. The lowest BCUT2D eigenvalue weighted by molar-refractivity contribution is 0.0708. The minimum Gasteiger partial charge on any atom is -0.335 e. The lowest BCUT2D eigenvalue weighted by atomic mass is 10.0. The van der Waals surface area contributed by atoms with E-state index in [0.717, 1.165) is 23.0 Å². The van der Waals surface area contributed by atoms with Gasteiger partial charge in [-0.3, -0.25) is 4.79 Å². The Kier molecular flexibility index (Phi) is 3.55. The Morgan fingerprint density at radius 1 is 1.24 bits per heavy atom. The molecule has 8 nitrogen and oxygen atoms in total. The second kappa shape index (κ2) is 5.65. The Labute approximate surface area is 144 Å². The standard InChI is InChI=1S/C17H20N6O2/c1-9(2)15-14-12(7-10(3)18-16(14)25-21-15)17(24)22-5-6-23-11(4)19-20-13(23)8-22/h7,9H,5-6,8H2,1-4H3. The van der Waals surface area contributed by atoms with Crippen LogP contribution in [0.25, 0.3) is 11.1 Å². The lowest BCUT2D eigenvalue weighted by Gasteiger charge is -2.28. The van der Waals surface area contributed by atoms with E-state index >= 15 is 0 Å². The number of fused-ring (bicyclic) bond motifs is 2. The molecule has 0 aliphatic carbocycles. The second-order valence-electron chi connectivity index (χ2n) is 6.76. The average molecular weight is 340 g/mol. The van der Waals surface area contributed by atoms with Gasteiger partial charge in [-0.25, -0.2) is 4.98 Å². The molecule has 1 aliphatic heterocycles. The van der Waals surface area contributed by atoms with Crippen molar-refractivity contribution in [3.63, 3.8) is 0 Å². The minimum absolute atomic E-state index is 0.0486. The van der Waals surface area contributed by atoms with Crippen LogP contribution in [-0.2, 0) is 13.1 Å². The van der Waals surface area contributed by atoms with Gasteiger partial charge in [0, 0.05) is 18.8 Å². The van der Waals surface area contributed by atoms with Crippen molar-refractivity contribution >= 4 is 17.0 Å². The fourth-order valence-corrected chi connectivity index (χ4v) is 3.31. The van der Waals surface area contributed by atoms with E-state index in [1.165, 1.54) is 0 Å². The van der Waals surface area contributed by atoms with Gasteiger partial charge in [0.15, 0.2) is 5.82 Å². The van der Waals surface area contributed by atoms with E-state index in [4.69, 9.17) is 4.52 Å². The van der Waals surface area contributed by atoms with Crippen LogP contribution in [0.15, 0.2) is 10.6 Å². The Balaban J connectivity index is 1.76. The molecule has 3 aromatic rings. The molecule has 3 aromatic heterocycles. The molecule has 1 amide bonds. The molecule has 1 aliphatic rings. The smallest absolute Gasteiger partial charge is 0.259 e. The molecular formula is C17H20N6O2. The third kappa shape index (κ3) is 2.48. The molecule has 0 fully saturated rings. The van der Waals surface area contributed by atoms with Crippen molar-refractivity contribution < 1.29 is 9.32 Å². The summed E-state index contributed by atoms with van der Waals surface area (Å²) in [5, 5.41) is 13.1. The Morgan fingerprint density at radius 3 is 2.80 bits per heavy atom. The molecular weight excluding hydrogens is 320 g/mol. The highest BCUT2D eigenvalue weighted by Gasteiger charge is 2.28. The van der Waals surface area contributed by atoms with Gasteiger partial charge >= 0.3 is 0 Å². The molecule has 0 atom stereocenters. The van der Waals surface area contributed by atoms with E-state index < -0.39 is 0 Å². The van der Waals surface area contributed by atoms with Crippen molar-refractivity contribution in [2.45, 2.75) is 46.7 Å². The van der Waals surface area contributed by atoms with Gasteiger partial charge in [0.05, 0.1) is 23.2 Å². The SMILES string of the molecule is Cc1cc(C(=O)N2CCn3c(C)nnc3C2)c2c(C(C)C)noc2n1. The van der Waals surface area contributed by atoms with Gasteiger partial charge in [0.25, 0.3) is 11.6 Å². The van der Waals surface area contributed by atoms with Crippen molar-refractivity contribution in [2.24, 2.45) is 0 Å². The van der Waals surface area contributed by atoms with Crippen LogP contribution in [0.2, 0.25) is 0 Å². The van der Waals surface area contributed by atoms with Crippen LogP contribution in [0.5, 0.6) is 0 Å². The lowest BCUT2D eigenvalue weighted by Crippen LogP contribution is -2.38. The predicted molar refractivity (Wildman–Crippen MR) is 90.1 cm³/mol. The Hall–Kier alpha value is -2.77. The maximum Gasteiger partial charge on any atom is 0.259 e. The summed E-state index contributed by atoms with van der Waals surface area (Å²) in [4.78, 5) is 19.4. The van der Waals surface area contributed by atoms with Crippen LogP contribution in [0, 0.1) is 13.8 Å². The van der Waals surface area contributed by atoms with E-state index in [1.807, 2.05) is 33.8 Å². The number of nitrogens with zero attached hydrogens (tertiary/aromatic N) is 6. The van der Waals surface area contributed by atoms with Gasteiger partial charge in [-0.15, -0.1) is 10.2 Å². The number of carbonyl (C=O) groups excluding carboxylic acids is 1. The molecule has 0 bridgehead atoms. The number of amides is 1. The van der Waals surface area contributed by atoms with E-state index in [2.05, 4.69) is 24.9 Å². The van der Waals surface area contributed by atoms with Gasteiger partial charge in [-0.1, -0.05) is 19.0 Å². The van der Waals surface area contributed by atoms with Crippen molar-refractivity contribution in [3.8, 4) is 0 Å². The largest absolute Gasteiger partial charge is 0.335 e. The summed E-state index contributed by atoms with van der Waals surface area (Å²) in [5.74, 6) is 1.79. The summed E-state index contributed by atoms with van der Waals surface area (Å²) in [7, 11) is 0. The van der Waals surface area contributed by atoms with Crippen LogP contribution < -0.4 is 0 Å². The second-order valence-corrected chi connectivity index (χ2v) is 6.76. The number of aryl methyl sites for hydroxylation is 2. The molecule has 0 N–H and O–H groups in total. The Bertz CT molecular complexity index is 971. The topological polar surface area (TPSA) is 89.9 Å². The zero-order valence-corrected chi connectivity index (χ0v) is 14.8. The third-order valence-electron chi connectivity index (χ3n) is 4.60. The highest BCUT2D eigenvalue weighted by Crippen LogP contribution is 2.29. The number of rotatable bonds is 2. The Morgan fingerprint density at radius 2 is 2.04 bits per heavy atom. The molecule has 0 saturated carbocycles. The first-order chi connectivity index (χ1) is 12.0. The van der Waals surface area contributed by atoms with Crippen LogP contribution in [0.1, 0.15) is 53.2 Å². The molecule has 25 heavy (non-hydrogen) atoms. The van der Waals surface area contributed by atoms with Crippen molar-refractivity contribution in [2.75, 3.05) is 6.54 Å². The molecule has 130 valence electrons. The minimum atomic E-state index is -0.0486. The van der Waals surface area contributed by atoms with Crippen molar-refractivity contribution in [1.29, 1.82) is 0 Å². The van der Waals surface area contributed by atoms with Crippen LogP contribution in [0.3, 0.4) is 0 Å². The monoisotopic (exact) mass is 340 g/mol. The molecule has 4 heterocycles. The summed E-state index contributed by atoms with van der Waals surface area (Å²) < 4.78 is 7.42. The van der Waals surface area contributed by atoms with Crippen LogP contribution in [-0.4, -0.2) is 42.3 Å². The molecule has 0 spiro atoms. The highest BCUT2D eigenvalue weighted by molar-refractivity contribution is 6.06. The van der Waals surface area contributed by atoms with Gasteiger partial charge in [0.2, 0.25) is 0 Å². The summed E-state index contributed by atoms with van der Waals surface area (Å²) >= 11 is 0. The zero-order valence-electron chi connectivity index (χ0n) is 14.8.